The number of phosphoric acid groups is 2. The highest BCUT2D eigenvalue weighted by molar-refractivity contribution is 7.47. The van der Waals surface area contributed by atoms with Gasteiger partial charge in [-0.3, -0.25) is 32.5 Å². The predicted octanol–water partition coefficient (Wildman–Crippen LogP) is 24.1. The molecule has 0 aliphatic carbocycles. The first-order valence-electron chi connectivity index (χ1n) is 40.8. The molecule has 4 N–H and O–H groups in total. The summed E-state index contributed by atoms with van der Waals surface area (Å²) < 4.78 is 61.1. The lowest BCUT2D eigenvalue weighted by Crippen LogP contribution is -2.30. The van der Waals surface area contributed by atoms with Crippen LogP contribution < -0.4 is 0 Å². The fraction of sp³-hybridized carbons (Fsp3) is 0.729. The second-order valence-electron chi connectivity index (χ2n) is 27.2. The van der Waals surface area contributed by atoms with Gasteiger partial charge in [-0.25, -0.2) is 9.13 Å². The molecular formula is C85H148O16P2. The Morgan fingerprint density at radius 3 is 0.854 bits per heavy atom. The number of carbonyl (C=O) groups is 3. The van der Waals surface area contributed by atoms with E-state index in [1.165, 1.54) is 135 Å². The zero-order valence-electron chi connectivity index (χ0n) is 65.0. The number of hydrogen-bond donors (Lipinski definition) is 4. The number of carbonyl (C=O) groups excluding carboxylic acids is 3. The minimum Gasteiger partial charge on any atom is -0.463 e. The lowest BCUT2D eigenvalue weighted by Gasteiger charge is -2.21. The summed E-state index contributed by atoms with van der Waals surface area (Å²) in [7, 11) is -9.79. The van der Waals surface area contributed by atoms with Crippen LogP contribution in [0.15, 0.2) is 122 Å². The van der Waals surface area contributed by atoms with Crippen molar-refractivity contribution in [2.45, 2.75) is 360 Å². The molecule has 0 aromatic carbocycles. The molecule has 0 bridgehead atoms. The van der Waals surface area contributed by atoms with Gasteiger partial charge in [-0.1, -0.05) is 316 Å². The third-order valence-corrected chi connectivity index (χ3v) is 19.0. The summed E-state index contributed by atoms with van der Waals surface area (Å²) in [4.78, 5) is 58.6. The van der Waals surface area contributed by atoms with Crippen LogP contribution in [0.3, 0.4) is 0 Å². The van der Waals surface area contributed by atoms with Crippen LogP contribution in [0, 0.1) is 0 Å². The standard InChI is InChI=1S/C85H148O16P2/c1-4-7-10-13-16-19-22-24-26-28-30-32-34-36-38-39-41-43-44-46-48-50-52-54-57-59-62-65-68-71-83(88)95-74-80(86)75-97-102(91,92)98-76-81(87)77-99-103(93,94)100-79-82(101-85(90)73-70-67-64-61-56-21-18-15-12-9-6-3)78-96-84(89)72-69-66-63-60-58-55-53-51-49-47-45-42-40-37-35-33-31-29-27-25-23-20-17-14-11-8-5-2/h7,10,15-20,24-27,30-33,36-38,40,80-82,86-87H,4-6,8-9,11-14,21-23,28-29,34-35,39,41-79H2,1-3H3,(H,91,92)(H,93,94)/b10-7-,18-15-,19-16-,20-17-,26-24-,27-25-,32-30-,33-31-,38-36-,40-37-. The molecule has 103 heavy (non-hydrogen) atoms. The molecule has 0 fully saturated rings. The van der Waals surface area contributed by atoms with E-state index in [9.17, 15) is 43.5 Å². The van der Waals surface area contributed by atoms with Crippen LogP contribution in [0.4, 0.5) is 0 Å². The molecule has 18 heteroatoms. The lowest BCUT2D eigenvalue weighted by atomic mass is 10.0. The van der Waals surface area contributed by atoms with E-state index in [1.807, 2.05) is 0 Å². The van der Waals surface area contributed by atoms with Crippen molar-refractivity contribution in [1.29, 1.82) is 0 Å². The summed E-state index contributed by atoms with van der Waals surface area (Å²) in [6.45, 7) is 2.51. The van der Waals surface area contributed by atoms with Crippen LogP contribution in [0.2, 0.25) is 0 Å². The van der Waals surface area contributed by atoms with E-state index in [0.717, 1.165) is 148 Å². The van der Waals surface area contributed by atoms with E-state index in [-0.39, 0.29) is 19.3 Å². The van der Waals surface area contributed by atoms with Gasteiger partial charge in [-0.05, 0) is 128 Å². The number of hydrogen-bond acceptors (Lipinski definition) is 14. The Bertz CT molecular complexity index is 2360. The zero-order valence-corrected chi connectivity index (χ0v) is 66.7. The number of aliphatic hydroxyl groups excluding tert-OH is 2. The fourth-order valence-electron chi connectivity index (χ4n) is 10.9. The van der Waals surface area contributed by atoms with Crippen LogP contribution in [-0.4, -0.2) is 95.9 Å². The molecule has 0 aliphatic rings. The molecule has 0 saturated heterocycles. The molecule has 0 saturated carbocycles. The van der Waals surface area contributed by atoms with Crippen molar-refractivity contribution in [1.82, 2.24) is 0 Å². The third kappa shape index (κ3) is 78.8. The fourth-order valence-corrected chi connectivity index (χ4v) is 12.5. The van der Waals surface area contributed by atoms with E-state index < -0.39 is 91.5 Å². The number of allylic oxidation sites excluding steroid dienone is 20. The molecule has 0 rings (SSSR count). The highest BCUT2D eigenvalue weighted by atomic mass is 31.2. The molecule has 5 atom stereocenters. The van der Waals surface area contributed by atoms with Gasteiger partial charge in [0.2, 0.25) is 0 Å². The van der Waals surface area contributed by atoms with Gasteiger partial charge < -0.3 is 34.2 Å². The first kappa shape index (κ1) is 98.9. The molecule has 0 spiro atoms. The van der Waals surface area contributed by atoms with E-state index in [4.69, 9.17) is 32.3 Å². The minimum absolute atomic E-state index is 0.0930. The number of aliphatic hydroxyl groups is 2. The molecule has 0 heterocycles. The van der Waals surface area contributed by atoms with Crippen molar-refractivity contribution in [3.8, 4) is 0 Å². The van der Waals surface area contributed by atoms with E-state index >= 15 is 0 Å². The van der Waals surface area contributed by atoms with Crippen LogP contribution in [0.1, 0.15) is 342 Å². The second kappa shape index (κ2) is 77.6. The molecule has 0 amide bonds. The number of ether oxygens (including phenoxy) is 3. The Hall–Kier alpha value is -4.05. The predicted molar refractivity (Wildman–Crippen MR) is 427 cm³/mol. The Morgan fingerprint density at radius 1 is 0.282 bits per heavy atom. The zero-order chi connectivity index (χ0) is 75.2. The summed E-state index contributed by atoms with van der Waals surface area (Å²) in [6.07, 6.45) is 92.6. The van der Waals surface area contributed by atoms with Crippen molar-refractivity contribution in [2.75, 3.05) is 39.6 Å². The van der Waals surface area contributed by atoms with Gasteiger partial charge in [-0.2, -0.15) is 0 Å². The van der Waals surface area contributed by atoms with Crippen molar-refractivity contribution < 1.29 is 75.8 Å². The molecule has 0 radical (unpaired) electrons. The van der Waals surface area contributed by atoms with Gasteiger partial charge in [0.1, 0.15) is 25.4 Å². The molecule has 5 unspecified atom stereocenters. The summed E-state index contributed by atoms with van der Waals surface area (Å²) in [5, 5.41) is 20.6. The van der Waals surface area contributed by atoms with E-state index in [0.29, 0.717) is 19.3 Å². The first-order valence-corrected chi connectivity index (χ1v) is 43.8. The van der Waals surface area contributed by atoms with Crippen molar-refractivity contribution in [3.05, 3.63) is 122 Å². The van der Waals surface area contributed by atoms with E-state index in [1.54, 1.807) is 0 Å². The molecule has 0 aromatic rings. The highest BCUT2D eigenvalue weighted by Crippen LogP contribution is 2.45. The van der Waals surface area contributed by atoms with Gasteiger partial charge in [0.15, 0.2) is 6.10 Å². The van der Waals surface area contributed by atoms with Crippen molar-refractivity contribution >= 4 is 33.6 Å². The maximum absolute atomic E-state index is 12.9. The first-order chi connectivity index (χ1) is 50.2. The van der Waals surface area contributed by atoms with Crippen molar-refractivity contribution in [2.24, 2.45) is 0 Å². The lowest BCUT2D eigenvalue weighted by molar-refractivity contribution is -0.161. The summed E-state index contributed by atoms with van der Waals surface area (Å²) >= 11 is 0. The maximum Gasteiger partial charge on any atom is 0.472 e. The minimum atomic E-state index is -4.93. The Kier molecular flexibility index (Phi) is 74.5. The summed E-state index contributed by atoms with van der Waals surface area (Å²) in [6, 6.07) is 0. The molecule has 0 aromatic heterocycles. The smallest absolute Gasteiger partial charge is 0.463 e. The van der Waals surface area contributed by atoms with E-state index in [2.05, 4.69) is 142 Å². The number of unbranched alkanes of at least 4 members (excludes halogenated alkanes) is 34. The average molecular weight is 1490 g/mol. The van der Waals surface area contributed by atoms with Gasteiger partial charge in [-0.15, -0.1) is 0 Å². The number of phosphoric ester groups is 2. The quantitative estimate of drug-likeness (QED) is 0.0146. The summed E-state index contributed by atoms with van der Waals surface area (Å²) in [5.41, 5.74) is 0. The Balaban J connectivity index is 4.43. The Morgan fingerprint density at radius 2 is 0.524 bits per heavy atom. The van der Waals surface area contributed by atoms with Crippen LogP contribution in [-0.2, 0) is 55.8 Å². The van der Waals surface area contributed by atoms with Crippen LogP contribution in [0.5, 0.6) is 0 Å². The molecule has 16 nitrogen and oxygen atoms in total. The van der Waals surface area contributed by atoms with Gasteiger partial charge in [0.05, 0.1) is 26.4 Å². The number of rotatable bonds is 77. The van der Waals surface area contributed by atoms with Crippen molar-refractivity contribution in [3.63, 3.8) is 0 Å². The van der Waals surface area contributed by atoms with Crippen LogP contribution in [0.25, 0.3) is 0 Å². The highest BCUT2D eigenvalue weighted by Gasteiger charge is 2.29. The molecular weight excluding hydrogens is 1340 g/mol. The summed E-state index contributed by atoms with van der Waals surface area (Å²) in [5.74, 6) is -1.58. The molecule has 594 valence electrons. The normalized spacial score (nSPS) is 14.6. The topological polar surface area (TPSA) is 231 Å². The average Bonchev–Trinajstić information content (AvgIpc) is 0.915. The third-order valence-electron chi connectivity index (χ3n) is 17.1. The number of esters is 3. The van der Waals surface area contributed by atoms with Gasteiger partial charge in [0.25, 0.3) is 0 Å². The van der Waals surface area contributed by atoms with Crippen LogP contribution >= 0.6 is 15.6 Å². The Labute approximate surface area is 627 Å². The molecule has 0 aliphatic heterocycles. The second-order valence-corrected chi connectivity index (χ2v) is 30.1. The maximum atomic E-state index is 12.9. The SMILES string of the molecule is CC/C=C\C/C=C\C/C=C\C/C=C\C/C=C\CCCCCCCCCCCCCCCC(=O)OCC(O)COP(=O)(O)OCC(O)COP(=O)(O)OCC(COC(=O)CCCCCCCCCCCCC/C=C\C/C=C\C/C=C\C/C=C\CCCCC)OC(=O)CCCCCCC/C=C\CCCC. The monoisotopic (exact) mass is 1490 g/mol. The van der Waals surface area contributed by atoms with Gasteiger partial charge in [0, 0.05) is 19.3 Å². The van der Waals surface area contributed by atoms with Gasteiger partial charge >= 0.3 is 33.6 Å². The largest absolute Gasteiger partial charge is 0.472 e.